The minimum absolute atomic E-state index is 0.0352. The Kier molecular flexibility index (Phi) is 4.10. The maximum atomic E-state index is 13.0. The summed E-state index contributed by atoms with van der Waals surface area (Å²) in [7, 11) is 0. The highest BCUT2D eigenvalue weighted by molar-refractivity contribution is 5.67. The van der Waals surface area contributed by atoms with Crippen molar-refractivity contribution in [1.29, 1.82) is 0 Å². The molecule has 0 radical (unpaired) electrons. The van der Waals surface area contributed by atoms with Gasteiger partial charge in [-0.15, -0.1) is 0 Å². The maximum absolute atomic E-state index is 13.0. The van der Waals surface area contributed by atoms with Crippen LogP contribution in [0.25, 0.3) is 11.1 Å². The highest BCUT2D eigenvalue weighted by Gasteiger charge is 2.12. The van der Waals surface area contributed by atoms with Crippen LogP contribution in [0, 0.1) is 19.7 Å². The van der Waals surface area contributed by atoms with E-state index < -0.39 is 0 Å². The molecule has 1 aromatic carbocycles. The van der Waals surface area contributed by atoms with E-state index in [0.717, 1.165) is 34.0 Å². The molecule has 23 heavy (non-hydrogen) atoms. The summed E-state index contributed by atoms with van der Waals surface area (Å²) in [4.78, 5) is 4.45. The van der Waals surface area contributed by atoms with Gasteiger partial charge in [0.25, 0.3) is 0 Å². The van der Waals surface area contributed by atoms with Gasteiger partial charge in [0.1, 0.15) is 17.4 Å². The first-order valence-corrected chi connectivity index (χ1v) is 7.46. The quantitative estimate of drug-likeness (QED) is 0.761. The molecule has 2 aromatic heterocycles. The predicted octanol–water partition coefficient (Wildman–Crippen LogP) is 4.67. The number of anilines is 1. The minimum Gasteiger partial charge on any atom is -0.364 e. The number of nitrogens with zero attached hydrogens (tertiary/aromatic N) is 2. The minimum atomic E-state index is -0.233. The zero-order valence-corrected chi connectivity index (χ0v) is 13.3. The topological polar surface area (TPSA) is 51.0 Å². The van der Waals surface area contributed by atoms with E-state index in [4.69, 9.17) is 4.52 Å². The van der Waals surface area contributed by atoms with Crippen LogP contribution in [-0.2, 0) is 0 Å². The molecular formula is C18H18FN3O. The number of hydrogen-bond donors (Lipinski definition) is 1. The molecule has 1 atom stereocenters. The summed E-state index contributed by atoms with van der Waals surface area (Å²) in [5, 5.41) is 7.27. The fraction of sp³-hybridized carbons (Fsp3) is 0.222. The molecule has 3 rings (SSSR count). The summed E-state index contributed by atoms with van der Waals surface area (Å²) in [6.45, 7) is 5.81. The standard InChI is InChI=1S/C18H18FN3O/c1-11(14-4-7-16(19)8-5-14)21-17-9-6-15(10-20-17)18-12(2)22-23-13(18)3/h4-11H,1-3H3,(H,20,21)/t11-/m1/s1. The van der Waals surface area contributed by atoms with Crippen LogP contribution in [0.2, 0.25) is 0 Å². The number of hydrogen-bond acceptors (Lipinski definition) is 4. The molecule has 118 valence electrons. The van der Waals surface area contributed by atoms with Gasteiger partial charge < -0.3 is 9.84 Å². The Morgan fingerprint density at radius 2 is 1.83 bits per heavy atom. The average Bonchev–Trinajstić information content (AvgIpc) is 2.88. The van der Waals surface area contributed by atoms with E-state index in [1.165, 1.54) is 12.1 Å². The number of halogens is 1. The lowest BCUT2D eigenvalue weighted by Crippen LogP contribution is -2.07. The Morgan fingerprint density at radius 3 is 2.39 bits per heavy atom. The Morgan fingerprint density at radius 1 is 1.09 bits per heavy atom. The summed E-state index contributed by atoms with van der Waals surface area (Å²) in [5.74, 6) is 1.31. The van der Waals surface area contributed by atoms with Crippen molar-refractivity contribution in [2.45, 2.75) is 26.8 Å². The van der Waals surface area contributed by atoms with Gasteiger partial charge in [-0.1, -0.05) is 17.3 Å². The van der Waals surface area contributed by atoms with Crippen molar-refractivity contribution in [3.63, 3.8) is 0 Å². The van der Waals surface area contributed by atoms with Gasteiger partial charge >= 0.3 is 0 Å². The van der Waals surface area contributed by atoms with Crippen molar-refractivity contribution in [1.82, 2.24) is 10.1 Å². The van der Waals surface area contributed by atoms with Crippen LogP contribution in [0.5, 0.6) is 0 Å². The van der Waals surface area contributed by atoms with Crippen LogP contribution in [-0.4, -0.2) is 10.1 Å². The first-order valence-electron chi connectivity index (χ1n) is 7.46. The molecule has 3 aromatic rings. The van der Waals surface area contributed by atoms with E-state index in [2.05, 4.69) is 15.5 Å². The van der Waals surface area contributed by atoms with Gasteiger partial charge in [0.05, 0.1) is 5.69 Å². The van der Waals surface area contributed by atoms with Crippen LogP contribution >= 0.6 is 0 Å². The van der Waals surface area contributed by atoms with Crippen LogP contribution in [0.1, 0.15) is 30.0 Å². The third-order valence-electron chi connectivity index (χ3n) is 3.82. The number of aromatic nitrogens is 2. The molecular weight excluding hydrogens is 293 g/mol. The molecule has 0 bridgehead atoms. The van der Waals surface area contributed by atoms with E-state index in [0.29, 0.717) is 0 Å². The summed E-state index contributed by atoms with van der Waals surface area (Å²) in [6, 6.07) is 10.4. The van der Waals surface area contributed by atoms with Gasteiger partial charge in [-0.05, 0) is 50.6 Å². The van der Waals surface area contributed by atoms with Crippen molar-refractivity contribution < 1.29 is 8.91 Å². The summed E-state index contributed by atoms with van der Waals surface area (Å²) < 4.78 is 18.2. The van der Waals surface area contributed by atoms with Gasteiger partial charge in [-0.3, -0.25) is 0 Å². The van der Waals surface area contributed by atoms with Crippen molar-refractivity contribution in [2.75, 3.05) is 5.32 Å². The van der Waals surface area contributed by atoms with Crippen LogP contribution in [0.15, 0.2) is 47.1 Å². The first-order chi connectivity index (χ1) is 11.0. The van der Waals surface area contributed by atoms with E-state index >= 15 is 0 Å². The summed E-state index contributed by atoms with van der Waals surface area (Å²) >= 11 is 0. The molecule has 1 N–H and O–H groups in total. The molecule has 2 heterocycles. The second-order valence-corrected chi connectivity index (χ2v) is 5.55. The third kappa shape index (κ3) is 3.23. The second kappa shape index (κ2) is 6.20. The highest BCUT2D eigenvalue weighted by atomic mass is 19.1. The largest absolute Gasteiger partial charge is 0.364 e. The van der Waals surface area contributed by atoms with Crippen molar-refractivity contribution in [3.8, 4) is 11.1 Å². The highest BCUT2D eigenvalue weighted by Crippen LogP contribution is 2.27. The molecule has 4 nitrogen and oxygen atoms in total. The predicted molar refractivity (Wildman–Crippen MR) is 87.6 cm³/mol. The van der Waals surface area contributed by atoms with Crippen LogP contribution < -0.4 is 5.32 Å². The average molecular weight is 311 g/mol. The zero-order valence-electron chi connectivity index (χ0n) is 13.3. The van der Waals surface area contributed by atoms with Gasteiger partial charge in [0.2, 0.25) is 0 Å². The van der Waals surface area contributed by atoms with Gasteiger partial charge in [0.15, 0.2) is 0 Å². The van der Waals surface area contributed by atoms with Gasteiger partial charge in [-0.25, -0.2) is 9.37 Å². The molecule has 0 aliphatic carbocycles. The van der Waals surface area contributed by atoms with Gasteiger partial charge in [-0.2, -0.15) is 0 Å². The fourth-order valence-corrected chi connectivity index (χ4v) is 2.58. The van der Waals surface area contributed by atoms with Crippen molar-refractivity contribution in [3.05, 3.63) is 65.4 Å². The van der Waals surface area contributed by atoms with E-state index in [1.807, 2.05) is 32.9 Å². The zero-order chi connectivity index (χ0) is 16.4. The lowest BCUT2D eigenvalue weighted by molar-refractivity contribution is 0.393. The van der Waals surface area contributed by atoms with E-state index in [1.54, 1.807) is 18.3 Å². The number of rotatable bonds is 4. The number of benzene rings is 1. The molecule has 0 saturated carbocycles. The number of nitrogens with one attached hydrogen (secondary N) is 1. The molecule has 0 amide bonds. The summed E-state index contributed by atoms with van der Waals surface area (Å²) in [6.07, 6.45) is 1.80. The van der Waals surface area contributed by atoms with E-state index in [9.17, 15) is 4.39 Å². The van der Waals surface area contributed by atoms with Gasteiger partial charge in [0, 0.05) is 23.4 Å². The second-order valence-electron chi connectivity index (χ2n) is 5.55. The Balaban J connectivity index is 1.76. The van der Waals surface area contributed by atoms with E-state index in [-0.39, 0.29) is 11.9 Å². The molecule has 0 aliphatic rings. The Bertz CT molecular complexity index is 775. The van der Waals surface area contributed by atoms with Crippen LogP contribution in [0.3, 0.4) is 0 Å². The normalized spacial score (nSPS) is 12.2. The lowest BCUT2D eigenvalue weighted by Gasteiger charge is -2.15. The number of aryl methyl sites for hydroxylation is 2. The monoisotopic (exact) mass is 311 g/mol. The lowest BCUT2D eigenvalue weighted by atomic mass is 10.1. The third-order valence-corrected chi connectivity index (χ3v) is 3.82. The molecule has 0 fully saturated rings. The maximum Gasteiger partial charge on any atom is 0.141 e. The SMILES string of the molecule is Cc1noc(C)c1-c1ccc(N[C@H](C)c2ccc(F)cc2)nc1. The van der Waals surface area contributed by atoms with Crippen LogP contribution in [0.4, 0.5) is 10.2 Å². The smallest absolute Gasteiger partial charge is 0.141 e. The molecule has 0 saturated heterocycles. The molecule has 0 spiro atoms. The fourth-order valence-electron chi connectivity index (χ4n) is 2.58. The van der Waals surface area contributed by atoms with Crippen molar-refractivity contribution >= 4 is 5.82 Å². The number of pyridine rings is 1. The summed E-state index contributed by atoms with van der Waals surface area (Å²) in [5.41, 5.74) is 3.81. The Labute approximate surface area is 134 Å². The molecule has 0 aliphatic heterocycles. The Hall–Kier alpha value is -2.69. The molecule has 0 unspecified atom stereocenters. The van der Waals surface area contributed by atoms with Crippen molar-refractivity contribution in [2.24, 2.45) is 0 Å². The first kappa shape index (κ1) is 15.2. The molecule has 5 heteroatoms.